The van der Waals surface area contributed by atoms with Gasteiger partial charge < -0.3 is 10.5 Å². The maximum atomic E-state index is 5.67. The van der Waals surface area contributed by atoms with Crippen molar-refractivity contribution in [3.8, 4) is 0 Å². The summed E-state index contributed by atoms with van der Waals surface area (Å²) in [5.74, 6) is 1.17. The van der Waals surface area contributed by atoms with Gasteiger partial charge in [-0.15, -0.1) is 0 Å². The van der Waals surface area contributed by atoms with Gasteiger partial charge in [-0.2, -0.15) is 5.10 Å². The Kier molecular flexibility index (Phi) is 4.70. The Morgan fingerprint density at radius 1 is 1.69 bits per heavy atom. The van der Waals surface area contributed by atoms with Gasteiger partial charge in [-0.3, -0.25) is 10.00 Å². The number of aromatic nitrogens is 2. The Bertz CT molecular complexity index is 350. The zero-order valence-electron chi connectivity index (χ0n) is 9.86. The number of ether oxygens (including phenoxy) is 1. The summed E-state index contributed by atoms with van der Waals surface area (Å²) in [6, 6.07) is 0. The van der Waals surface area contributed by atoms with Crippen molar-refractivity contribution in [3.05, 3.63) is 11.8 Å². The molecule has 1 aromatic rings. The summed E-state index contributed by atoms with van der Waals surface area (Å²) >= 11 is 5.14. The molecule has 0 radical (unpaired) electrons. The van der Waals surface area contributed by atoms with E-state index in [-0.39, 0.29) is 6.67 Å². The van der Waals surface area contributed by atoms with Crippen LogP contribution in [0.1, 0.15) is 32.3 Å². The molecule has 0 aliphatic carbocycles. The summed E-state index contributed by atoms with van der Waals surface area (Å²) in [5, 5.41) is 7.29. The van der Waals surface area contributed by atoms with Crippen LogP contribution < -0.4 is 10.6 Å². The summed E-state index contributed by atoms with van der Waals surface area (Å²) in [7, 11) is 0. The molecule has 0 aliphatic rings. The molecule has 0 atom stereocenters. The fourth-order valence-corrected chi connectivity index (χ4v) is 1.67. The lowest BCUT2D eigenvalue weighted by Gasteiger charge is -2.22. The lowest BCUT2D eigenvalue weighted by atomic mass is 10.1. The highest BCUT2D eigenvalue weighted by Crippen LogP contribution is 2.24. The minimum Gasteiger partial charge on any atom is -0.471 e. The molecule has 1 rings (SSSR count). The second-order valence-corrected chi connectivity index (χ2v) is 3.99. The smallest absolute Gasteiger partial charge is 0.266 e. The number of anilines is 1. The monoisotopic (exact) mass is 242 g/mol. The van der Waals surface area contributed by atoms with E-state index in [4.69, 9.17) is 22.7 Å². The Balaban J connectivity index is 2.94. The third-order valence-corrected chi connectivity index (χ3v) is 2.55. The minimum absolute atomic E-state index is 0.265. The van der Waals surface area contributed by atoms with Crippen LogP contribution in [0.4, 0.5) is 5.82 Å². The number of nitrogens with one attached hydrogen (secondary N) is 1. The quantitative estimate of drug-likeness (QED) is 0.620. The predicted molar refractivity (Wildman–Crippen MR) is 68.4 cm³/mol. The average Bonchev–Trinajstić information content (AvgIpc) is 2.68. The van der Waals surface area contributed by atoms with Crippen molar-refractivity contribution < 1.29 is 4.74 Å². The van der Waals surface area contributed by atoms with Crippen LogP contribution in [0, 0.1) is 0 Å². The zero-order valence-corrected chi connectivity index (χ0v) is 10.7. The van der Waals surface area contributed by atoms with Gasteiger partial charge in [0.05, 0.1) is 19.5 Å². The van der Waals surface area contributed by atoms with Crippen LogP contribution in [0.25, 0.3) is 0 Å². The molecular formula is C10H18N4OS. The number of thiocarbonyl (C=S) groups is 1. The first-order chi connectivity index (χ1) is 7.61. The molecule has 16 heavy (non-hydrogen) atoms. The second-order valence-electron chi connectivity index (χ2n) is 3.64. The molecular weight excluding hydrogens is 224 g/mol. The molecule has 0 fully saturated rings. The Hall–Kier alpha value is -1.14. The van der Waals surface area contributed by atoms with E-state index in [9.17, 15) is 0 Å². The van der Waals surface area contributed by atoms with Gasteiger partial charge in [-0.25, -0.2) is 0 Å². The van der Waals surface area contributed by atoms with E-state index >= 15 is 0 Å². The highest BCUT2D eigenvalue weighted by atomic mass is 32.1. The number of H-pyrrole nitrogens is 1. The molecule has 6 heteroatoms. The molecule has 1 aromatic heterocycles. The van der Waals surface area contributed by atoms with Crippen molar-refractivity contribution in [2.45, 2.75) is 26.7 Å². The molecule has 0 spiro atoms. The lowest BCUT2D eigenvalue weighted by molar-refractivity contribution is 0.327. The normalized spacial score (nSPS) is 10.6. The van der Waals surface area contributed by atoms with Crippen molar-refractivity contribution in [2.24, 2.45) is 5.73 Å². The summed E-state index contributed by atoms with van der Waals surface area (Å²) in [4.78, 5) is 1.71. The van der Waals surface area contributed by atoms with Gasteiger partial charge in [0.1, 0.15) is 5.82 Å². The second kappa shape index (κ2) is 5.81. The van der Waals surface area contributed by atoms with Crippen LogP contribution in [0.15, 0.2) is 6.20 Å². The van der Waals surface area contributed by atoms with Crippen molar-refractivity contribution in [1.82, 2.24) is 10.2 Å². The molecule has 5 nitrogen and oxygen atoms in total. The maximum Gasteiger partial charge on any atom is 0.266 e. The van der Waals surface area contributed by atoms with Gasteiger partial charge in [0.2, 0.25) is 0 Å². The fraction of sp³-hybridized carbons (Fsp3) is 0.600. The molecule has 0 unspecified atom stereocenters. The number of aromatic amines is 1. The Morgan fingerprint density at radius 2 is 2.38 bits per heavy atom. The molecule has 0 amide bonds. The number of hydrogen-bond acceptors (Lipinski definition) is 4. The predicted octanol–water partition coefficient (Wildman–Crippen LogP) is 1.58. The van der Waals surface area contributed by atoms with Crippen LogP contribution in [-0.2, 0) is 4.74 Å². The van der Waals surface area contributed by atoms with Crippen molar-refractivity contribution in [3.63, 3.8) is 0 Å². The number of nitrogens with two attached hydrogens (primary N) is 1. The van der Waals surface area contributed by atoms with Crippen LogP contribution >= 0.6 is 12.2 Å². The largest absolute Gasteiger partial charge is 0.471 e. The summed E-state index contributed by atoms with van der Waals surface area (Å²) < 4.78 is 5.28. The topological polar surface area (TPSA) is 67.2 Å². The summed E-state index contributed by atoms with van der Waals surface area (Å²) in [5.41, 5.74) is 6.75. The van der Waals surface area contributed by atoms with Crippen molar-refractivity contribution in [2.75, 3.05) is 18.2 Å². The molecule has 90 valence electrons. The molecule has 0 saturated heterocycles. The Labute approximate surface area is 101 Å². The van der Waals surface area contributed by atoms with Crippen molar-refractivity contribution in [1.29, 1.82) is 0 Å². The van der Waals surface area contributed by atoms with E-state index < -0.39 is 0 Å². The highest BCUT2D eigenvalue weighted by Gasteiger charge is 2.18. The molecule has 1 heterocycles. The standard InChI is InChI=1S/C10H18N4OS/c1-4-15-10(16)14(6-11)9-8(7(2)3)5-12-13-9/h5,7H,4,6,11H2,1-3H3,(H,12,13). The van der Waals surface area contributed by atoms with Gasteiger partial charge >= 0.3 is 0 Å². The van der Waals surface area contributed by atoms with Crippen LogP contribution in [0.5, 0.6) is 0 Å². The first-order valence-corrected chi connectivity index (χ1v) is 5.70. The van der Waals surface area contributed by atoms with Gasteiger partial charge in [0.15, 0.2) is 0 Å². The molecule has 0 bridgehead atoms. The third-order valence-electron chi connectivity index (χ3n) is 2.21. The van der Waals surface area contributed by atoms with E-state index in [2.05, 4.69) is 24.0 Å². The molecule has 3 N–H and O–H groups in total. The summed E-state index contributed by atoms with van der Waals surface area (Å²) in [6.07, 6.45) is 1.79. The Morgan fingerprint density at radius 3 is 2.88 bits per heavy atom. The fourth-order valence-electron chi connectivity index (χ4n) is 1.39. The van der Waals surface area contributed by atoms with E-state index in [1.807, 2.05) is 6.92 Å². The first-order valence-electron chi connectivity index (χ1n) is 5.29. The number of nitrogens with zero attached hydrogens (tertiary/aromatic N) is 2. The van der Waals surface area contributed by atoms with Gasteiger partial charge in [-0.1, -0.05) is 13.8 Å². The van der Waals surface area contributed by atoms with Gasteiger partial charge in [-0.05, 0) is 25.1 Å². The number of hydrogen-bond donors (Lipinski definition) is 2. The first kappa shape index (κ1) is 12.9. The maximum absolute atomic E-state index is 5.67. The molecule has 0 saturated carbocycles. The van der Waals surface area contributed by atoms with Crippen molar-refractivity contribution >= 4 is 23.2 Å². The van der Waals surface area contributed by atoms with Crippen LogP contribution in [-0.4, -0.2) is 28.6 Å². The van der Waals surface area contributed by atoms with Crippen LogP contribution in [0.2, 0.25) is 0 Å². The highest BCUT2D eigenvalue weighted by molar-refractivity contribution is 7.80. The average molecular weight is 242 g/mol. The SMILES string of the molecule is CCOC(=S)N(CN)c1[nH]ncc1C(C)C. The van der Waals surface area contributed by atoms with Crippen LogP contribution in [0.3, 0.4) is 0 Å². The van der Waals surface area contributed by atoms with E-state index in [0.717, 1.165) is 11.4 Å². The third kappa shape index (κ3) is 2.70. The molecule has 0 aliphatic heterocycles. The minimum atomic E-state index is 0.265. The zero-order chi connectivity index (χ0) is 12.1. The van der Waals surface area contributed by atoms with Gasteiger partial charge in [0.25, 0.3) is 5.17 Å². The number of rotatable bonds is 4. The summed E-state index contributed by atoms with van der Waals surface area (Å²) in [6.45, 7) is 6.86. The van der Waals surface area contributed by atoms with Gasteiger partial charge in [0, 0.05) is 5.56 Å². The van der Waals surface area contributed by atoms with E-state index in [1.165, 1.54) is 0 Å². The lowest BCUT2D eigenvalue weighted by Crippen LogP contribution is -2.37. The molecule has 0 aromatic carbocycles. The van der Waals surface area contributed by atoms with E-state index in [0.29, 0.717) is 17.7 Å². The van der Waals surface area contributed by atoms with E-state index in [1.54, 1.807) is 11.1 Å².